The Morgan fingerprint density at radius 2 is 1.91 bits per heavy atom. The maximum absolute atomic E-state index is 12.4. The van der Waals surface area contributed by atoms with E-state index < -0.39 is 10.0 Å². The Morgan fingerprint density at radius 1 is 1.23 bits per heavy atom. The van der Waals surface area contributed by atoms with Gasteiger partial charge in [-0.2, -0.15) is 4.31 Å². The summed E-state index contributed by atoms with van der Waals surface area (Å²) in [6.07, 6.45) is 3.49. The molecule has 0 radical (unpaired) electrons. The van der Waals surface area contributed by atoms with E-state index >= 15 is 0 Å². The molecule has 2 rings (SSSR count). The Hall–Kier alpha value is -1.70. The maximum atomic E-state index is 12.4. The van der Waals surface area contributed by atoms with Crippen molar-refractivity contribution in [2.24, 2.45) is 0 Å². The first-order valence-electron chi connectivity index (χ1n) is 7.17. The molecule has 22 heavy (non-hydrogen) atoms. The zero-order valence-corrected chi connectivity index (χ0v) is 13.9. The van der Waals surface area contributed by atoms with Crippen molar-refractivity contribution in [1.29, 1.82) is 0 Å². The first-order valence-corrected chi connectivity index (χ1v) is 8.61. The third-order valence-corrected chi connectivity index (χ3v) is 5.55. The number of nitrogens with zero attached hydrogens (tertiary/aromatic N) is 2. The average Bonchev–Trinajstić information content (AvgIpc) is 3.00. The van der Waals surface area contributed by atoms with Gasteiger partial charge in [-0.15, -0.1) is 0 Å². The average molecular weight is 322 g/mol. The summed E-state index contributed by atoms with van der Waals surface area (Å²) in [5, 5.41) is 3.25. The normalized spacial score (nSPS) is 12.2. The molecule has 120 valence electrons. The first-order chi connectivity index (χ1) is 10.4. The van der Waals surface area contributed by atoms with E-state index in [9.17, 15) is 8.42 Å². The number of hydrogen-bond acceptors (Lipinski definition) is 4. The van der Waals surface area contributed by atoms with Crippen molar-refractivity contribution >= 4 is 10.0 Å². The van der Waals surface area contributed by atoms with E-state index in [0.29, 0.717) is 18.0 Å². The molecule has 0 unspecified atom stereocenters. The number of hydrogen-bond donors (Lipinski definition) is 2. The molecule has 0 aliphatic heterocycles. The van der Waals surface area contributed by atoms with Crippen molar-refractivity contribution < 1.29 is 8.42 Å². The lowest BCUT2D eigenvalue weighted by Gasteiger charge is -2.21. The fraction of sp³-hybridized carbons (Fsp3) is 0.400. The molecule has 0 fully saturated rings. The Bertz CT molecular complexity index is 679. The third kappa shape index (κ3) is 3.94. The molecule has 2 N–H and O–H groups in total. The van der Waals surface area contributed by atoms with Crippen LogP contribution < -0.4 is 5.32 Å². The van der Waals surface area contributed by atoms with Crippen LogP contribution in [0.5, 0.6) is 0 Å². The highest BCUT2D eigenvalue weighted by atomic mass is 32.2. The molecule has 1 aromatic heterocycles. The molecule has 1 heterocycles. The second-order valence-electron chi connectivity index (χ2n) is 5.40. The SMILES string of the molecule is CC(C)N(C)S(=O)(=O)c1ccc(CNCc2ncc[nH]2)cc1. The van der Waals surface area contributed by atoms with E-state index in [-0.39, 0.29) is 6.04 Å². The molecule has 6 nitrogen and oxygen atoms in total. The van der Waals surface area contributed by atoms with Crippen LogP contribution in [0.4, 0.5) is 0 Å². The molecule has 0 amide bonds. The van der Waals surface area contributed by atoms with E-state index in [4.69, 9.17) is 0 Å². The number of sulfonamides is 1. The maximum Gasteiger partial charge on any atom is 0.243 e. The van der Waals surface area contributed by atoms with Crippen molar-refractivity contribution in [3.8, 4) is 0 Å². The summed E-state index contributed by atoms with van der Waals surface area (Å²) in [6, 6.07) is 6.89. The topological polar surface area (TPSA) is 78.1 Å². The Balaban J connectivity index is 1.98. The van der Waals surface area contributed by atoms with Gasteiger partial charge in [-0.05, 0) is 31.5 Å². The minimum Gasteiger partial charge on any atom is -0.348 e. The highest BCUT2D eigenvalue weighted by Gasteiger charge is 2.22. The van der Waals surface area contributed by atoms with Gasteiger partial charge in [0.05, 0.1) is 11.4 Å². The van der Waals surface area contributed by atoms with Gasteiger partial charge < -0.3 is 10.3 Å². The van der Waals surface area contributed by atoms with Crippen LogP contribution in [-0.2, 0) is 23.1 Å². The van der Waals surface area contributed by atoms with E-state index in [2.05, 4.69) is 15.3 Å². The minimum absolute atomic E-state index is 0.0698. The number of imidazole rings is 1. The third-order valence-electron chi connectivity index (χ3n) is 3.50. The molecular weight excluding hydrogens is 300 g/mol. The van der Waals surface area contributed by atoms with Gasteiger partial charge in [0.15, 0.2) is 0 Å². The minimum atomic E-state index is -3.41. The van der Waals surface area contributed by atoms with E-state index in [1.165, 1.54) is 4.31 Å². The van der Waals surface area contributed by atoms with Crippen LogP contribution in [0.25, 0.3) is 0 Å². The summed E-state index contributed by atoms with van der Waals surface area (Å²) < 4.78 is 26.1. The van der Waals surface area contributed by atoms with Gasteiger partial charge in [-0.3, -0.25) is 0 Å². The van der Waals surface area contributed by atoms with E-state index in [1.54, 1.807) is 31.6 Å². The number of nitrogens with one attached hydrogen (secondary N) is 2. The van der Waals surface area contributed by atoms with Crippen LogP contribution in [0.1, 0.15) is 25.2 Å². The fourth-order valence-corrected chi connectivity index (χ4v) is 3.31. The molecule has 0 atom stereocenters. The van der Waals surface area contributed by atoms with Gasteiger partial charge in [-0.25, -0.2) is 13.4 Å². The summed E-state index contributed by atoms with van der Waals surface area (Å²) in [7, 11) is -1.82. The number of aromatic amines is 1. The lowest BCUT2D eigenvalue weighted by molar-refractivity contribution is 0.410. The standard InChI is InChI=1S/C15H22N4O2S/c1-12(2)19(3)22(20,21)14-6-4-13(5-7-14)10-16-11-15-17-8-9-18-15/h4-9,12,16H,10-11H2,1-3H3,(H,17,18). The van der Waals surface area contributed by atoms with Crippen molar-refractivity contribution in [3.05, 3.63) is 48.0 Å². The molecule has 0 bridgehead atoms. The molecule has 7 heteroatoms. The Labute approximate surface area is 131 Å². The quantitative estimate of drug-likeness (QED) is 0.814. The lowest BCUT2D eigenvalue weighted by atomic mass is 10.2. The molecule has 0 saturated heterocycles. The predicted octanol–water partition coefficient (Wildman–Crippen LogP) is 1.73. The van der Waals surface area contributed by atoms with Crippen molar-refractivity contribution in [2.75, 3.05) is 7.05 Å². The summed E-state index contributed by atoms with van der Waals surface area (Å²) in [4.78, 5) is 7.46. The molecule has 0 aliphatic rings. The molecule has 0 spiro atoms. The largest absolute Gasteiger partial charge is 0.348 e. The molecule has 2 aromatic rings. The van der Waals surface area contributed by atoms with Gasteiger partial charge >= 0.3 is 0 Å². The Morgan fingerprint density at radius 3 is 2.45 bits per heavy atom. The van der Waals surface area contributed by atoms with Crippen LogP contribution in [0.2, 0.25) is 0 Å². The van der Waals surface area contributed by atoms with Crippen LogP contribution in [-0.4, -0.2) is 35.8 Å². The zero-order chi connectivity index (χ0) is 16.2. The van der Waals surface area contributed by atoms with Gasteiger partial charge in [0, 0.05) is 32.0 Å². The summed E-state index contributed by atoms with van der Waals surface area (Å²) in [5.41, 5.74) is 1.03. The smallest absolute Gasteiger partial charge is 0.243 e. The zero-order valence-electron chi connectivity index (χ0n) is 13.1. The summed E-state index contributed by atoms with van der Waals surface area (Å²) in [6.45, 7) is 5.00. The summed E-state index contributed by atoms with van der Waals surface area (Å²) in [5.74, 6) is 0.873. The van der Waals surface area contributed by atoms with Crippen LogP contribution >= 0.6 is 0 Å². The molecule has 0 saturated carbocycles. The number of benzene rings is 1. The lowest BCUT2D eigenvalue weighted by Crippen LogP contribution is -2.33. The van der Waals surface area contributed by atoms with Crippen LogP contribution in [0, 0.1) is 0 Å². The highest BCUT2D eigenvalue weighted by molar-refractivity contribution is 7.89. The Kier molecular flexibility index (Phi) is 5.33. The monoisotopic (exact) mass is 322 g/mol. The van der Waals surface area contributed by atoms with Crippen LogP contribution in [0.3, 0.4) is 0 Å². The van der Waals surface area contributed by atoms with Gasteiger partial charge in [0.25, 0.3) is 0 Å². The van der Waals surface area contributed by atoms with Crippen molar-refractivity contribution in [2.45, 2.75) is 37.9 Å². The second-order valence-corrected chi connectivity index (χ2v) is 7.40. The van der Waals surface area contributed by atoms with E-state index in [0.717, 1.165) is 11.4 Å². The molecule has 0 aliphatic carbocycles. The number of aromatic nitrogens is 2. The number of rotatable bonds is 7. The highest BCUT2D eigenvalue weighted by Crippen LogP contribution is 2.17. The fourth-order valence-electron chi connectivity index (χ4n) is 1.94. The van der Waals surface area contributed by atoms with Crippen molar-refractivity contribution in [3.63, 3.8) is 0 Å². The van der Waals surface area contributed by atoms with Crippen molar-refractivity contribution in [1.82, 2.24) is 19.6 Å². The van der Waals surface area contributed by atoms with Crippen LogP contribution in [0.15, 0.2) is 41.6 Å². The van der Waals surface area contributed by atoms with Gasteiger partial charge in [-0.1, -0.05) is 12.1 Å². The second kappa shape index (κ2) is 7.04. The molecular formula is C15H22N4O2S. The van der Waals surface area contributed by atoms with Gasteiger partial charge in [0.1, 0.15) is 5.82 Å². The number of H-pyrrole nitrogens is 1. The predicted molar refractivity (Wildman–Crippen MR) is 85.7 cm³/mol. The van der Waals surface area contributed by atoms with Gasteiger partial charge in [0.2, 0.25) is 10.0 Å². The molecule has 1 aromatic carbocycles. The van der Waals surface area contributed by atoms with E-state index in [1.807, 2.05) is 26.0 Å². The first kappa shape index (κ1) is 16.7. The summed E-state index contributed by atoms with van der Waals surface area (Å²) >= 11 is 0.